The number of aliphatic hydroxyl groups excluding tert-OH is 1. The fraction of sp³-hybridized carbons (Fsp3) is 0.333. The lowest BCUT2D eigenvalue weighted by molar-refractivity contribution is 0.201. The minimum Gasteiger partial charge on any atom is -0.497 e. The molecule has 86 valence electrons. The van der Waals surface area contributed by atoms with Crippen molar-refractivity contribution in [3.8, 4) is 5.75 Å². The second-order valence-electron chi connectivity index (χ2n) is 3.82. The summed E-state index contributed by atoms with van der Waals surface area (Å²) in [5, 5.41) is 11.2. The summed E-state index contributed by atoms with van der Waals surface area (Å²) in [4.78, 5) is 0. The van der Waals surface area contributed by atoms with Gasteiger partial charge in [-0.05, 0) is 25.1 Å². The van der Waals surface area contributed by atoms with Gasteiger partial charge in [0.25, 0.3) is 0 Å². The first-order valence-corrected chi connectivity index (χ1v) is 5.44. The highest BCUT2D eigenvalue weighted by Crippen LogP contribution is 2.35. The molecule has 2 rings (SSSR count). The summed E-state index contributed by atoms with van der Waals surface area (Å²) in [7, 11) is 3.50. The molecule has 0 fully saturated rings. The number of halogens is 1. The molecular weight excluding hydrogens is 226 g/mol. The van der Waals surface area contributed by atoms with Gasteiger partial charge in [-0.3, -0.25) is 0 Å². The first-order chi connectivity index (χ1) is 7.56. The third-order valence-electron chi connectivity index (χ3n) is 2.79. The van der Waals surface area contributed by atoms with Crippen LogP contribution in [0, 0.1) is 0 Å². The Kier molecular flexibility index (Phi) is 2.82. The van der Waals surface area contributed by atoms with E-state index in [1.165, 1.54) is 0 Å². The molecule has 1 unspecified atom stereocenters. The number of aryl methyl sites for hydroxylation is 1. The van der Waals surface area contributed by atoms with Crippen molar-refractivity contribution in [1.82, 2.24) is 4.57 Å². The molecule has 0 aliphatic rings. The van der Waals surface area contributed by atoms with Crippen LogP contribution in [0.5, 0.6) is 5.75 Å². The molecule has 0 spiro atoms. The lowest BCUT2D eigenvalue weighted by Gasteiger charge is -2.04. The Labute approximate surface area is 99.2 Å². The van der Waals surface area contributed by atoms with E-state index in [-0.39, 0.29) is 0 Å². The van der Waals surface area contributed by atoms with Crippen molar-refractivity contribution in [3.05, 3.63) is 28.9 Å². The Morgan fingerprint density at radius 1 is 1.44 bits per heavy atom. The molecule has 4 heteroatoms. The predicted molar refractivity (Wildman–Crippen MR) is 65.1 cm³/mol. The van der Waals surface area contributed by atoms with E-state index in [2.05, 4.69) is 0 Å². The monoisotopic (exact) mass is 239 g/mol. The molecule has 2 aromatic rings. The van der Waals surface area contributed by atoms with Crippen molar-refractivity contribution >= 4 is 22.5 Å². The second kappa shape index (κ2) is 4.00. The molecule has 1 aromatic heterocycles. The fourth-order valence-corrected chi connectivity index (χ4v) is 2.30. The maximum atomic E-state index is 9.74. The van der Waals surface area contributed by atoms with Gasteiger partial charge >= 0.3 is 0 Å². The van der Waals surface area contributed by atoms with Gasteiger partial charge in [-0.25, -0.2) is 0 Å². The first-order valence-electron chi connectivity index (χ1n) is 5.06. The van der Waals surface area contributed by atoms with Gasteiger partial charge in [-0.2, -0.15) is 0 Å². The number of fused-ring (bicyclic) bond motifs is 1. The summed E-state index contributed by atoms with van der Waals surface area (Å²) in [6.07, 6.45) is -0.594. The highest BCUT2D eigenvalue weighted by Gasteiger charge is 2.17. The van der Waals surface area contributed by atoms with Gasteiger partial charge in [-0.1, -0.05) is 11.6 Å². The largest absolute Gasteiger partial charge is 0.497 e. The molecule has 0 saturated heterocycles. The topological polar surface area (TPSA) is 34.4 Å². The maximum Gasteiger partial charge on any atom is 0.119 e. The van der Waals surface area contributed by atoms with E-state index in [4.69, 9.17) is 16.3 Å². The second-order valence-corrected chi connectivity index (χ2v) is 4.18. The van der Waals surface area contributed by atoms with Crippen LogP contribution >= 0.6 is 11.6 Å². The zero-order valence-electron chi connectivity index (χ0n) is 9.49. The summed E-state index contributed by atoms with van der Waals surface area (Å²) in [6, 6.07) is 5.71. The van der Waals surface area contributed by atoms with Crippen LogP contribution in [0.2, 0.25) is 5.15 Å². The van der Waals surface area contributed by atoms with E-state index in [1.54, 1.807) is 14.0 Å². The van der Waals surface area contributed by atoms with E-state index in [0.29, 0.717) is 5.15 Å². The highest BCUT2D eigenvalue weighted by molar-refractivity contribution is 6.32. The van der Waals surface area contributed by atoms with Crippen LogP contribution in [0.25, 0.3) is 10.9 Å². The van der Waals surface area contributed by atoms with Crippen molar-refractivity contribution < 1.29 is 9.84 Å². The van der Waals surface area contributed by atoms with Crippen LogP contribution in [-0.4, -0.2) is 16.8 Å². The maximum absolute atomic E-state index is 9.74. The molecule has 0 aliphatic carbocycles. The number of aliphatic hydroxyl groups is 1. The lowest BCUT2D eigenvalue weighted by atomic mass is 10.1. The van der Waals surface area contributed by atoms with Crippen LogP contribution in [0.15, 0.2) is 18.2 Å². The zero-order chi connectivity index (χ0) is 11.9. The normalized spacial score (nSPS) is 13.1. The Hall–Kier alpha value is -1.19. The van der Waals surface area contributed by atoms with Crippen molar-refractivity contribution in [2.24, 2.45) is 7.05 Å². The number of hydrogen-bond donors (Lipinski definition) is 1. The van der Waals surface area contributed by atoms with Crippen molar-refractivity contribution in [2.45, 2.75) is 13.0 Å². The van der Waals surface area contributed by atoms with Crippen LogP contribution < -0.4 is 4.74 Å². The molecule has 0 amide bonds. The number of ether oxygens (including phenoxy) is 1. The van der Waals surface area contributed by atoms with Gasteiger partial charge in [-0.15, -0.1) is 0 Å². The van der Waals surface area contributed by atoms with E-state index in [0.717, 1.165) is 22.2 Å². The van der Waals surface area contributed by atoms with Crippen LogP contribution in [0.3, 0.4) is 0 Å². The van der Waals surface area contributed by atoms with Crippen LogP contribution in [0.4, 0.5) is 0 Å². The Morgan fingerprint density at radius 2 is 2.12 bits per heavy atom. The molecule has 16 heavy (non-hydrogen) atoms. The van der Waals surface area contributed by atoms with Gasteiger partial charge in [0, 0.05) is 23.5 Å². The fourth-order valence-electron chi connectivity index (χ4n) is 1.95. The standard InChI is InChI=1S/C12H14ClNO2/c1-7(15)11-9-6-8(16-3)4-5-10(9)14(2)12(11)13/h4-7,15H,1-3H3. The molecular formula is C12H14ClNO2. The Bertz CT molecular complexity index is 531. The summed E-state index contributed by atoms with van der Waals surface area (Å²) >= 11 is 6.19. The smallest absolute Gasteiger partial charge is 0.119 e. The number of benzene rings is 1. The molecule has 0 aliphatic heterocycles. The molecule has 1 aromatic carbocycles. The molecule has 0 radical (unpaired) electrons. The quantitative estimate of drug-likeness (QED) is 0.875. The van der Waals surface area contributed by atoms with E-state index >= 15 is 0 Å². The average Bonchev–Trinajstić information content (AvgIpc) is 2.51. The SMILES string of the molecule is COc1ccc2c(c1)c(C(C)O)c(Cl)n2C. The van der Waals surface area contributed by atoms with Gasteiger partial charge in [0.1, 0.15) is 10.9 Å². The number of aromatic nitrogens is 1. The molecule has 1 N–H and O–H groups in total. The van der Waals surface area contributed by atoms with E-state index in [9.17, 15) is 5.11 Å². The molecule has 3 nitrogen and oxygen atoms in total. The predicted octanol–water partition coefficient (Wildman–Crippen LogP) is 2.89. The molecule has 1 heterocycles. The van der Waals surface area contributed by atoms with Crippen molar-refractivity contribution in [3.63, 3.8) is 0 Å². The van der Waals surface area contributed by atoms with Gasteiger partial charge in [0.15, 0.2) is 0 Å². The lowest BCUT2D eigenvalue weighted by Crippen LogP contribution is -1.91. The van der Waals surface area contributed by atoms with E-state index < -0.39 is 6.10 Å². The molecule has 0 saturated carbocycles. The summed E-state index contributed by atoms with van der Waals surface area (Å²) in [5.74, 6) is 0.761. The minimum atomic E-state index is -0.594. The minimum absolute atomic E-state index is 0.568. The third kappa shape index (κ3) is 1.56. The van der Waals surface area contributed by atoms with Crippen molar-refractivity contribution in [2.75, 3.05) is 7.11 Å². The highest BCUT2D eigenvalue weighted by atomic mass is 35.5. The van der Waals surface area contributed by atoms with Gasteiger partial charge < -0.3 is 14.4 Å². The zero-order valence-corrected chi connectivity index (χ0v) is 10.2. The van der Waals surface area contributed by atoms with Crippen LogP contribution in [0.1, 0.15) is 18.6 Å². The van der Waals surface area contributed by atoms with Crippen LogP contribution in [-0.2, 0) is 7.05 Å². The molecule has 1 atom stereocenters. The number of methoxy groups -OCH3 is 1. The third-order valence-corrected chi connectivity index (χ3v) is 3.25. The van der Waals surface area contributed by atoms with E-state index in [1.807, 2.05) is 29.8 Å². The summed E-state index contributed by atoms with van der Waals surface area (Å²) in [6.45, 7) is 1.71. The summed E-state index contributed by atoms with van der Waals surface area (Å²) < 4.78 is 7.03. The number of rotatable bonds is 2. The first kappa shape index (κ1) is 11.3. The Morgan fingerprint density at radius 3 is 2.69 bits per heavy atom. The van der Waals surface area contributed by atoms with Gasteiger partial charge in [0.05, 0.1) is 13.2 Å². The Balaban J connectivity index is 2.81. The van der Waals surface area contributed by atoms with Gasteiger partial charge in [0.2, 0.25) is 0 Å². The summed E-state index contributed by atoms with van der Waals surface area (Å²) in [5.41, 5.74) is 1.74. The average molecular weight is 240 g/mol. The van der Waals surface area contributed by atoms with Crippen molar-refractivity contribution in [1.29, 1.82) is 0 Å². The molecule has 0 bridgehead atoms. The number of hydrogen-bond acceptors (Lipinski definition) is 2. The number of nitrogens with zero attached hydrogens (tertiary/aromatic N) is 1.